The maximum absolute atomic E-state index is 12.2. The normalized spacial score (nSPS) is 21.8. The molecule has 1 aliphatic heterocycles. The summed E-state index contributed by atoms with van der Waals surface area (Å²) in [4.78, 5) is 36.4. The number of nitrogens with one attached hydrogen (secondary N) is 1. The molecule has 100 valence electrons. The quantitative estimate of drug-likeness (QED) is 0.597. The van der Waals surface area contributed by atoms with Gasteiger partial charge in [0.25, 0.3) is 5.91 Å². The molecule has 0 aromatic heterocycles. The fourth-order valence-electron chi connectivity index (χ4n) is 2.57. The molecule has 6 heteroatoms. The highest BCUT2D eigenvalue weighted by atomic mass is 16.5. The molecule has 3 amide bonds. The van der Waals surface area contributed by atoms with Gasteiger partial charge < -0.3 is 10.1 Å². The van der Waals surface area contributed by atoms with E-state index in [0.717, 1.165) is 17.7 Å². The van der Waals surface area contributed by atoms with Gasteiger partial charge in [0.05, 0.1) is 6.10 Å². The number of ether oxygens (including phenoxy) is 1. The lowest BCUT2D eigenvalue weighted by atomic mass is 9.98. The van der Waals surface area contributed by atoms with Crippen molar-refractivity contribution in [2.24, 2.45) is 0 Å². The number of amides is 3. The van der Waals surface area contributed by atoms with Gasteiger partial charge in [0.2, 0.25) is 0 Å². The molecule has 1 heterocycles. The van der Waals surface area contributed by atoms with Crippen molar-refractivity contribution >= 4 is 17.9 Å². The zero-order chi connectivity index (χ0) is 13.3. The highest BCUT2D eigenvalue weighted by molar-refractivity contribution is 6.08. The van der Waals surface area contributed by atoms with Crippen LogP contribution in [0.2, 0.25) is 0 Å². The number of rotatable bonds is 3. The summed E-state index contributed by atoms with van der Waals surface area (Å²) in [6.07, 6.45) is 2.92. The maximum atomic E-state index is 12.2. The van der Waals surface area contributed by atoms with E-state index in [1.165, 1.54) is 0 Å². The van der Waals surface area contributed by atoms with E-state index < -0.39 is 17.5 Å². The fourth-order valence-corrected chi connectivity index (χ4v) is 2.57. The monoisotopic (exact) mass is 254 g/mol. The minimum Gasteiger partial charge on any atom is -0.462 e. The zero-order valence-corrected chi connectivity index (χ0v) is 10.7. The number of esters is 1. The van der Waals surface area contributed by atoms with Crippen LogP contribution in [0.5, 0.6) is 0 Å². The second-order valence-corrected chi connectivity index (χ2v) is 5.15. The predicted octanol–water partition coefficient (Wildman–Crippen LogP) is 0.803. The van der Waals surface area contributed by atoms with Crippen molar-refractivity contribution in [3.8, 4) is 0 Å². The summed E-state index contributed by atoms with van der Waals surface area (Å²) in [6.45, 7) is 3.15. The average Bonchev–Trinajstić information content (AvgIpc) is 2.80. The summed E-state index contributed by atoms with van der Waals surface area (Å²) < 4.78 is 4.95. The van der Waals surface area contributed by atoms with Crippen LogP contribution < -0.4 is 5.32 Å². The van der Waals surface area contributed by atoms with Crippen LogP contribution >= 0.6 is 0 Å². The topological polar surface area (TPSA) is 75.7 Å². The third-order valence-electron chi connectivity index (χ3n) is 3.36. The van der Waals surface area contributed by atoms with E-state index in [1.54, 1.807) is 13.8 Å². The second kappa shape index (κ2) is 4.59. The molecule has 1 saturated heterocycles. The number of carbonyl (C=O) groups excluding carboxylic acids is 3. The van der Waals surface area contributed by atoms with Crippen molar-refractivity contribution in [2.75, 3.05) is 6.54 Å². The Morgan fingerprint density at radius 2 is 2.00 bits per heavy atom. The van der Waals surface area contributed by atoms with Crippen LogP contribution in [0.15, 0.2) is 0 Å². The van der Waals surface area contributed by atoms with Crippen molar-refractivity contribution in [1.82, 2.24) is 10.2 Å². The standard InChI is InChI=1S/C12H18N2O4/c1-8(2)18-9(15)7-14-10(16)12(13-11(14)17)5-3-4-6-12/h8H,3-7H2,1-2H3,(H,13,17). The van der Waals surface area contributed by atoms with Crippen molar-refractivity contribution in [3.05, 3.63) is 0 Å². The Labute approximate surface area is 106 Å². The van der Waals surface area contributed by atoms with Gasteiger partial charge in [-0.25, -0.2) is 4.79 Å². The van der Waals surface area contributed by atoms with E-state index in [9.17, 15) is 14.4 Å². The third kappa shape index (κ3) is 2.19. The third-order valence-corrected chi connectivity index (χ3v) is 3.36. The van der Waals surface area contributed by atoms with Gasteiger partial charge in [-0.15, -0.1) is 0 Å². The lowest BCUT2D eigenvalue weighted by Gasteiger charge is -2.19. The second-order valence-electron chi connectivity index (χ2n) is 5.15. The minimum absolute atomic E-state index is 0.251. The maximum Gasteiger partial charge on any atom is 0.326 e. The van der Waals surface area contributed by atoms with E-state index >= 15 is 0 Å². The van der Waals surface area contributed by atoms with Crippen molar-refractivity contribution in [2.45, 2.75) is 51.2 Å². The highest BCUT2D eigenvalue weighted by Crippen LogP contribution is 2.34. The molecule has 0 bridgehead atoms. The van der Waals surface area contributed by atoms with Gasteiger partial charge in [0, 0.05) is 0 Å². The minimum atomic E-state index is -0.755. The Bertz CT molecular complexity index is 386. The molecule has 18 heavy (non-hydrogen) atoms. The van der Waals surface area contributed by atoms with Gasteiger partial charge in [0.1, 0.15) is 12.1 Å². The van der Waals surface area contributed by atoms with E-state index in [1.807, 2.05) is 0 Å². The summed E-state index contributed by atoms with van der Waals surface area (Å²) in [5, 5.41) is 2.72. The van der Waals surface area contributed by atoms with E-state index in [-0.39, 0.29) is 18.6 Å². The van der Waals surface area contributed by atoms with E-state index in [0.29, 0.717) is 12.8 Å². The molecular formula is C12H18N2O4. The molecule has 1 aliphatic carbocycles. The molecule has 2 rings (SSSR count). The number of carbonyl (C=O) groups is 3. The van der Waals surface area contributed by atoms with Crippen LogP contribution in [0.1, 0.15) is 39.5 Å². The molecule has 0 aromatic carbocycles. The molecule has 1 N–H and O–H groups in total. The molecule has 2 fully saturated rings. The van der Waals surface area contributed by atoms with Crippen LogP contribution in [-0.4, -0.2) is 41.0 Å². The van der Waals surface area contributed by atoms with Crippen molar-refractivity contribution in [1.29, 1.82) is 0 Å². The van der Waals surface area contributed by atoms with Gasteiger partial charge in [-0.05, 0) is 26.7 Å². The summed E-state index contributed by atoms with van der Waals surface area (Å²) in [6, 6.07) is -0.484. The lowest BCUT2D eigenvalue weighted by molar-refractivity contribution is -0.150. The summed E-state index contributed by atoms with van der Waals surface area (Å²) in [5.41, 5.74) is -0.755. The Morgan fingerprint density at radius 1 is 1.39 bits per heavy atom. The van der Waals surface area contributed by atoms with Gasteiger partial charge in [-0.2, -0.15) is 0 Å². The zero-order valence-electron chi connectivity index (χ0n) is 10.7. The molecule has 6 nitrogen and oxygen atoms in total. The van der Waals surface area contributed by atoms with Crippen LogP contribution in [0, 0.1) is 0 Å². The first-order valence-electron chi connectivity index (χ1n) is 6.28. The Balaban J connectivity index is 2.03. The van der Waals surface area contributed by atoms with Gasteiger partial charge >= 0.3 is 12.0 Å². The van der Waals surface area contributed by atoms with E-state index in [4.69, 9.17) is 4.74 Å². The summed E-state index contributed by atoms with van der Waals surface area (Å²) in [7, 11) is 0. The molecule has 1 saturated carbocycles. The summed E-state index contributed by atoms with van der Waals surface area (Å²) >= 11 is 0. The Kier molecular flexibility index (Phi) is 3.28. The van der Waals surface area contributed by atoms with Gasteiger partial charge in [0.15, 0.2) is 0 Å². The molecular weight excluding hydrogens is 236 g/mol. The number of hydrogen-bond donors (Lipinski definition) is 1. The molecule has 0 atom stereocenters. The first-order chi connectivity index (χ1) is 8.44. The fraction of sp³-hybridized carbons (Fsp3) is 0.750. The molecule has 0 aromatic rings. The predicted molar refractivity (Wildman–Crippen MR) is 62.7 cm³/mol. The SMILES string of the molecule is CC(C)OC(=O)CN1C(=O)NC2(CCCC2)C1=O. The van der Waals surface area contributed by atoms with Crippen LogP contribution in [0.25, 0.3) is 0 Å². The highest BCUT2D eigenvalue weighted by Gasteiger charge is 2.52. The van der Waals surface area contributed by atoms with Crippen LogP contribution in [0.4, 0.5) is 4.79 Å². The number of urea groups is 1. The van der Waals surface area contributed by atoms with Crippen molar-refractivity contribution < 1.29 is 19.1 Å². The van der Waals surface area contributed by atoms with Crippen molar-refractivity contribution in [3.63, 3.8) is 0 Å². The van der Waals surface area contributed by atoms with Crippen LogP contribution in [0.3, 0.4) is 0 Å². The number of nitrogens with zero attached hydrogens (tertiary/aromatic N) is 1. The number of hydrogen-bond acceptors (Lipinski definition) is 4. The smallest absolute Gasteiger partial charge is 0.326 e. The average molecular weight is 254 g/mol. The number of imide groups is 1. The molecule has 0 unspecified atom stereocenters. The lowest BCUT2D eigenvalue weighted by Crippen LogP contribution is -2.44. The van der Waals surface area contributed by atoms with E-state index in [2.05, 4.69) is 5.32 Å². The summed E-state index contributed by atoms with van der Waals surface area (Å²) in [5.74, 6) is -0.839. The Hall–Kier alpha value is -1.59. The van der Waals surface area contributed by atoms with Gasteiger partial charge in [-0.3, -0.25) is 14.5 Å². The van der Waals surface area contributed by atoms with Gasteiger partial charge in [-0.1, -0.05) is 12.8 Å². The van der Waals surface area contributed by atoms with Crippen LogP contribution in [-0.2, 0) is 14.3 Å². The Morgan fingerprint density at radius 3 is 2.56 bits per heavy atom. The molecule has 0 radical (unpaired) electrons. The first-order valence-corrected chi connectivity index (χ1v) is 6.28. The first kappa shape index (κ1) is 12.9. The molecule has 1 spiro atoms. The molecule has 2 aliphatic rings. The largest absolute Gasteiger partial charge is 0.462 e.